The number of hydrogen-bond donors (Lipinski definition) is 0. The Morgan fingerprint density at radius 2 is 2.12 bits per heavy atom. The third kappa shape index (κ3) is 3.78. The molecule has 2 nitrogen and oxygen atoms in total. The summed E-state index contributed by atoms with van der Waals surface area (Å²) < 4.78 is 5.43. The predicted octanol–water partition coefficient (Wildman–Crippen LogP) is 4.09. The molecule has 0 bridgehead atoms. The molecule has 1 saturated heterocycles. The lowest BCUT2D eigenvalue weighted by Gasteiger charge is -2.28. The third-order valence-electron chi connectivity index (χ3n) is 4.08. The van der Waals surface area contributed by atoms with Crippen LogP contribution in [0.5, 0.6) is 0 Å². The first-order valence-electron chi connectivity index (χ1n) is 6.73. The number of rotatable bonds is 5. The van der Waals surface area contributed by atoms with Crippen molar-refractivity contribution in [2.75, 3.05) is 13.2 Å². The molecule has 2 atom stereocenters. The monoisotopic (exact) mass is 253 g/mol. The molecule has 0 saturated carbocycles. The van der Waals surface area contributed by atoms with Crippen molar-refractivity contribution in [1.82, 2.24) is 4.98 Å². The van der Waals surface area contributed by atoms with Gasteiger partial charge in [0.2, 0.25) is 0 Å². The summed E-state index contributed by atoms with van der Waals surface area (Å²) in [5, 5.41) is 2.18. The molecule has 2 rings (SSSR count). The Bertz CT molecular complexity index is 306. The summed E-state index contributed by atoms with van der Waals surface area (Å²) in [5.74, 6) is 2.33. The van der Waals surface area contributed by atoms with Gasteiger partial charge in [0.1, 0.15) is 0 Å². The van der Waals surface area contributed by atoms with Crippen molar-refractivity contribution in [2.45, 2.75) is 45.4 Å². The molecule has 1 aromatic rings. The fourth-order valence-electron chi connectivity index (χ4n) is 2.65. The molecular weight excluding hydrogens is 230 g/mol. The van der Waals surface area contributed by atoms with Crippen LogP contribution < -0.4 is 0 Å². The number of nitrogens with zero attached hydrogens (tertiary/aromatic N) is 1. The summed E-state index contributed by atoms with van der Waals surface area (Å²) in [7, 11) is 0. The third-order valence-corrected chi connectivity index (χ3v) is 4.69. The molecule has 2 unspecified atom stereocenters. The maximum absolute atomic E-state index is 5.43. The van der Waals surface area contributed by atoms with E-state index in [1.807, 2.05) is 5.51 Å². The van der Waals surface area contributed by atoms with E-state index in [4.69, 9.17) is 4.74 Å². The highest BCUT2D eigenvalue weighted by Gasteiger charge is 2.21. The molecule has 3 heteroatoms. The highest BCUT2D eigenvalue weighted by Crippen LogP contribution is 2.30. The smallest absolute Gasteiger partial charge is 0.0794 e. The van der Waals surface area contributed by atoms with Crippen LogP contribution in [0.1, 0.15) is 51.1 Å². The zero-order chi connectivity index (χ0) is 12.1. The lowest BCUT2D eigenvalue weighted by molar-refractivity contribution is 0.0475. The van der Waals surface area contributed by atoms with E-state index in [-0.39, 0.29) is 0 Å². The Morgan fingerprint density at radius 1 is 1.35 bits per heavy atom. The summed E-state index contributed by atoms with van der Waals surface area (Å²) in [6, 6.07) is 0. The molecule has 17 heavy (non-hydrogen) atoms. The van der Waals surface area contributed by atoms with Gasteiger partial charge >= 0.3 is 0 Å². The van der Waals surface area contributed by atoms with E-state index in [2.05, 4.69) is 24.2 Å². The van der Waals surface area contributed by atoms with Gasteiger partial charge in [0.25, 0.3) is 0 Å². The second-order valence-electron chi connectivity index (χ2n) is 5.32. The SMILES string of the molecule is CC(CCC(C)C1CCOCC1)c1cscn1. The normalized spacial score (nSPS) is 21.3. The molecule has 0 N–H and O–H groups in total. The van der Waals surface area contributed by atoms with Gasteiger partial charge in [-0.05, 0) is 43.4 Å². The van der Waals surface area contributed by atoms with Crippen LogP contribution in [0.4, 0.5) is 0 Å². The Kier molecular flexibility index (Phi) is 4.99. The molecule has 1 aromatic heterocycles. The molecule has 96 valence electrons. The highest BCUT2D eigenvalue weighted by atomic mass is 32.1. The fourth-order valence-corrected chi connectivity index (χ4v) is 3.32. The van der Waals surface area contributed by atoms with Crippen molar-refractivity contribution < 1.29 is 4.74 Å². The molecule has 1 aliphatic rings. The van der Waals surface area contributed by atoms with Gasteiger partial charge in [0.05, 0.1) is 11.2 Å². The van der Waals surface area contributed by atoms with E-state index in [1.165, 1.54) is 31.4 Å². The number of thiazole rings is 1. The molecule has 0 amide bonds. The molecule has 1 fully saturated rings. The average molecular weight is 253 g/mol. The zero-order valence-corrected chi connectivity index (χ0v) is 11.7. The van der Waals surface area contributed by atoms with Gasteiger partial charge < -0.3 is 4.74 Å². The van der Waals surface area contributed by atoms with Crippen LogP contribution in [0.25, 0.3) is 0 Å². The zero-order valence-electron chi connectivity index (χ0n) is 10.9. The van der Waals surface area contributed by atoms with E-state index in [1.54, 1.807) is 11.3 Å². The van der Waals surface area contributed by atoms with Crippen LogP contribution in [0.15, 0.2) is 10.9 Å². The minimum atomic E-state index is 0.614. The quantitative estimate of drug-likeness (QED) is 0.788. The van der Waals surface area contributed by atoms with Gasteiger partial charge in [-0.1, -0.05) is 13.8 Å². The molecule has 0 aliphatic carbocycles. The van der Waals surface area contributed by atoms with Crippen LogP contribution in [0.3, 0.4) is 0 Å². The van der Waals surface area contributed by atoms with Crippen molar-refractivity contribution >= 4 is 11.3 Å². The Hall–Kier alpha value is -0.410. The Morgan fingerprint density at radius 3 is 2.76 bits per heavy atom. The van der Waals surface area contributed by atoms with Crippen LogP contribution in [0, 0.1) is 11.8 Å². The van der Waals surface area contributed by atoms with Crippen molar-refractivity contribution in [2.24, 2.45) is 11.8 Å². The maximum atomic E-state index is 5.43. The van der Waals surface area contributed by atoms with Crippen LogP contribution in [-0.2, 0) is 4.74 Å². The van der Waals surface area contributed by atoms with Crippen LogP contribution in [-0.4, -0.2) is 18.2 Å². The van der Waals surface area contributed by atoms with E-state index in [0.717, 1.165) is 25.0 Å². The molecule has 2 heterocycles. The van der Waals surface area contributed by atoms with Gasteiger partial charge in [-0.3, -0.25) is 0 Å². The molecular formula is C14H23NOS. The van der Waals surface area contributed by atoms with Gasteiger partial charge in [-0.15, -0.1) is 11.3 Å². The highest BCUT2D eigenvalue weighted by molar-refractivity contribution is 7.07. The van der Waals surface area contributed by atoms with Crippen molar-refractivity contribution in [3.63, 3.8) is 0 Å². The van der Waals surface area contributed by atoms with Crippen molar-refractivity contribution in [3.05, 3.63) is 16.6 Å². The van der Waals surface area contributed by atoms with Crippen LogP contribution in [0.2, 0.25) is 0 Å². The summed E-state index contributed by atoms with van der Waals surface area (Å²) in [6.07, 6.45) is 5.10. The minimum Gasteiger partial charge on any atom is -0.381 e. The lowest BCUT2D eigenvalue weighted by atomic mass is 9.83. The Balaban J connectivity index is 1.73. The lowest BCUT2D eigenvalue weighted by Crippen LogP contribution is -2.21. The maximum Gasteiger partial charge on any atom is 0.0794 e. The van der Waals surface area contributed by atoms with Crippen LogP contribution >= 0.6 is 11.3 Å². The van der Waals surface area contributed by atoms with Gasteiger partial charge in [-0.25, -0.2) is 4.98 Å². The average Bonchev–Trinajstić information content (AvgIpc) is 2.90. The summed E-state index contributed by atoms with van der Waals surface area (Å²) in [5.41, 5.74) is 3.21. The predicted molar refractivity (Wildman–Crippen MR) is 72.5 cm³/mol. The number of aromatic nitrogens is 1. The summed E-state index contributed by atoms with van der Waals surface area (Å²) in [4.78, 5) is 4.41. The second-order valence-corrected chi connectivity index (χ2v) is 6.04. The second kappa shape index (κ2) is 6.50. The topological polar surface area (TPSA) is 22.1 Å². The first kappa shape index (κ1) is 13.0. The van der Waals surface area contributed by atoms with E-state index < -0.39 is 0 Å². The molecule has 0 aromatic carbocycles. The largest absolute Gasteiger partial charge is 0.381 e. The van der Waals surface area contributed by atoms with Crippen molar-refractivity contribution in [1.29, 1.82) is 0 Å². The fraction of sp³-hybridized carbons (Fsp3) is 0.786. The first-order chi connectivity index (χ1) is 8.27. The number of hydrogen-bond acceptors (Lipinski definition) is 3. The first-order valence-corrected chi connectivity index (χ1v) is 7.67. The molecule has 1 aliphatic heterocycles. The molecule has 0 radical (unpaired) electrons. The van der Waals surface area contributed by atoms with Gasteiger partial charge in [0, 0.05) is 18.6 Å². The van der Waals surface area contributed by atoms with Gasteiger partial charge in [0.15, 0.2) is 0 Å². The van der Waals surface area contributed by atoms with Crippen molar-refractivity contribution in [3.8, 4) is 0 Å². The minimum absolute atomic E-state index is 0.614. The summed E-state index contributed by atoms with van der Waals surface area (Å²) >= 11 is 1.70. The van der Waals surface area contributed by atoms with Gasteiger partial charge in [-0.2, -0.15) is 0 Å². The van der Waals surface area contributed by atoms with E-state index in [9.17, 15) is 0 Å². The van der Waals surface area contributed by atoms with E-state index in [0.29, 0.717) is 5.92 Å². The number of ether oxygens (including phenoxy) is 1. The van der Waals surface area contributed by atoms with E-state index >= 15 is 0 Å². The summed E-state index contributed by atoms with van der Waals surface area (Å²) in [6.45, 7) is 6.64. The molecule has 0 spiro atoms. The Labute approximate surface area is 108 Å². The standard InChI is InChI=1S/C14H23NOS/c1-11(13-5-7-16-8-6-13)3-4-12(2)14-9-17-10-15-14/h9-13H,3-8H2,1-2H3.